The fraction of sp³-hybridized carbons (Fsp3) is 0.310. The fourth-order valence-electron chi connectivity index (χ4n) is 6.02. The van der Waals surface area contributed by atoms with Gasteiger partial charge in [-0.15, -0.1) is 0 Å². The predicted molar refractivity (Wildman–Crippen MR) is 154 cm³/mol. The van der Waals surface area contributed by atoms with Gasteiger partial charge in [0.05, 0.1) is 46.0 Å². The maximum absolute atomic E-state index is 17.1. The Morgan fingerprint density at radius 1 is 1.07 bits per heavy atom. The Bertz CT molecular complexity index is 1810. The average Bonchev–Trinajstić information content (AvgIpc) is 2.93. The van der Waals surface area contributed by atoms with E-state index in [0.29, 0.717) is 35.6 Å². The summed E-state index contributed by atoms with van der Waals surface area (Å²) in [6.07, 6.45) is 1.35. The lowest BCUT2D eigenvalue weighted by Crippen LogP contribution is -2.64. The molecule has 2 aliphatic heterocycles. The third kappa shape index (κ3) is 3.90. The molecule has 212 valence electrons. The number of pyridine rings is 1. The quantitative estimate of drug-likeness (QED) is 0.389. The monoisotopic (exact) mass is 580 g/mol. The first-order chi connectivity index (χ1) is 19.6. The second kappa shape index (κ2) is 9.78. The van der Waals surface area contributed by atoms with E-state index < -0.39 is 23.2 Å². The number of piperazine rings is 1. The zero-order chi connectivity index (χ0) is 29.3. The highest BCUT2D eigenvalue weighted by molar-refractivity contribution is 6.35. The predicted octanol–water partition coefficient (Wildman–Crippen LogP) is 4.15. The number of likely N-dealkylation sites (N-methyl/N-ethyl adjacent to an activating group) is 1. The molecule has 0 unspecified atom stereocenters. The smallest absolute Gasteiger partial charge is 0.281 e. The molecule has 9 nitrogen and oxygen atoms in total. The summed E-state index contributed by atoms with van der Waals surface area (Å²) in [6, 6.07) is 5.04. The molecule has 41 heavy (non-hydrogen) atoms. The van der Waals surface area contributed by atoms with Crippen molar-refractivity contribution in [3.05, 3.63) is 69.0 Å². The summed E-state index contributed by atoms with van der Waals surface area (Å²) in [4.78, 5) is 39.7. The highest BCUT2D eigenvalue weighted by Gasteiger charge is 2.43. The van der Waals surface area contributed by atoms with Crippen molar-refractivity contribution in [2.45, 2.75) is 32.9 Å². The number of nitrogens with one attached hydrogen (secondary N) is 1. The molecule has 0 radical (unpaired) electrons. The van der Waals surface area contributed by atoms with E-state index in [9.17, 15) is 9.59 Å². The molecule has 2 aromatic heterocycles. The maximum atomic E-state index is 17.1. The summed E-state index contributed by atoms with van der Waals surface area (Å²) in [5.74, 6) is -1.85. The van der Waals surface area contributed by atoms with Crippen molar-refractivity contribution in [1.82, 2.24) is 19.9 Å². The first-order valence-electron chi connectivity index (χ1n) is 13.1. The van der Waals surface area contributed by atoms with Crippen molar-refractivity contribution in [2.75, 3.05) is 37.0 Å². The van der Waals surface area contributed by atoms with E-state index in [1.165, 1.54) is 54.2 Å². The van der Waals surface area contributed by atoms with Gasteiger partial charge in [0.2, 0.25) is 0 Å². The van der Waals surface area contributed by atoms with Crippen LogP contribution in [0, 0.1) is 25.5 Å². The minimum absolute atomic E-state index is 0.0120. The van der Waals surface area contributed by atoms with E-state index in [-0.39, 0.29) is 50.7 Å². The van der Waals surface area contributed by atoms with E-state index in [0.717, 1.165) is 0 Å². The lowest BCUT2D eigenvalue weighted by molar-refractivity contribution is -0.120. The number of nitrogens with zero attached hydrogens (tertiary/aromatic N) is 5. The number of aryl methyl sites for hydroxylation is 2. The van der Waals surface area contributed by atoms with Gasteiger partial charge in [-0.3, -0.25) is 14.2 Å². The molecule has 0 saturated carbocycles. The molecule has 1 fully saturated rings. The number of methoxy groups -OCH3 is 1. The lowest BCUT2D eigenvalue weighted by atomic mass is 9.96. The van der Waals surface area contributed by atoms with Crippen LogP contribution in [-0.4, -0.2) is 59.8 Å². The Morgan fingerprint density at radius 2 is 1.78 bits per heavy atom. The van der Waals surface area contributed by atoms with Gasteiger partial charge in [0, 0.05) is 37.1 Å². The Morgan fingerprint density at radius 3 is 2.46 bits per heavy atom. The van der Waals surface area contributed by atoms with Crippen LogP contribution in [0.3, 0.4) is 0 Å². The Labute approximate surface area is 239 Å². The van der Waals surface area contributed by atoms with Crippen molar-refractivity contribution in [1.29, 1.82) is 0 Å². The van der Waals surface area contributed by atoms with Gasteiger partial charge in [-0.2, -0.15) is 0 Å². The standard InChI is InChI=1S/C29H27ClF2N6O3/c1-13-11-37-19(10-33-13)28(39)36(4)27-26(37)16-9-17(30)21(22-18(31)7-6-8-20(22)41-5)23(32)25(16)38(29(27)40)24-14(2)34-12-35-15(24)3/h6-9,12-13,19,33H,10-11H2,1-5H3/t13-,19-/m1/s1. The maximum Gasteiger partial charge on any atom is 0.281 e. The number of hydrogen-bond acceptors (Lipinski definition) is 7. The van der Waals surface area contributed by atoms with Gasteiger partial charge in [0.25, 0.3) is 11.5 Å². The van der Waals surface area contributed by atoms with Crippen LogP contribution in [0.1, 0.15) is 18.3 Å². The number of aromatic nitrogens is 3. The largest absolute Gasteiger partial charge is 0.496 e. The van der Waals surface area contributed by atoms with Crippen molar-refractivity contribution >= 4 is 39.8 Å². The van der Waals surface area contributed by atoms with E-state index in [1.54, 1.807) is 13.8 Å². The normalized spacial score (nSPS) is 18.5. The molecule has 6 rings (SSSR count). The first-order valence-corrected chi connectivity index (χ1v) is 13.4. The zero-order valence-corrected chi connectivity index (χ0v) is 23.8. The molecule has 1 N–H and O–H groups in total. The van der Waals surface area contributed by atoms with Crippen molar-refractivity contribution in [2.24, 2.45) is 0 Å². The molecule has 1 saturated heterocycles. The molecule has 2 atom stereocenters. The van der Waals surface area contributed by atoms with E-state index in [1.807, 2.05) is 11.8 Å². The highest BCUT2D eigenvalue weighted by atomic mass is 35.5. The third-order valence-corrected chi connectivity index (χ3v) is 8.20. The van der Waals surface area contributed by atoms with Gasteiger partial charge in [-0.05, 0) is 39.0 Å². The summed E-state index contributed by atoms with van der Waals surface area (Å²) < 4.78 is 39.0. The Hall–Kier alpha value is -4.09. The Kier molecular flexibility index (Phi) is 6.46. The van der Waals surface area contributed by atoms with Crippen LogP contribution in [0.5, 0.6) is 5.75 Å². The molecular weight excluding hydrogens is 554 g/mol. The van der Waals surface area contributed by atoms with E-state index >= 15 is 8.78 Å². The number of hydrogen-bond donors (Lipinski definition) is 1. The minimum Gasteiger partial charge on any atom is -0.496 e. The van der Waals surface area contributed by atoms with Crippen LogP contribution in [0.4, 0.5) is 20.2 Å². The number of anilines is 2. The second-order valence-corrected chi connectivity index (χ2v) is 10.8. The number of halogens is 3. The number of rotatable bonds is 3. The summed E-state index contributed by atoms with van der Waals surface area (Å²) >= 11 is 6.77. The van der Waals surface area contributed by atoms with Crippen LogP contribution < -0.4 is 25.4 Å². The number of benzene rings is 2. The molecular formula is C29H27ClF2N6O3. The highest BCUT2D eigenvalue weighted by Crippen LogP contribution is 2.47. The molecule has 4 aromatic rings. The summed E-state index contributed by atoms with van der Waals surface area (Å²) in [5.41, 5.74) is 0.374. The van der Waals surface area contributed by atoms with Gasteiger partial charge in [0.1, 0.15) is 29.6 Å². The number of fused-ring (bicyclic) bond motifs is 5. The van der Waals surface area contributed by atoms with Crippen molar-refractivity contribution in [3.63, 3.8) is 0 Å². The average molecular weight is 581 g/mol. The van der Waals surface area contributed by atoms with Gasteiger partial charge in [-0.25, -0.2) is 18.7 Å². The molecule has 0 spiro atoms. The van der Waals surface area contributed by atoms with Gasteiger partial charge >= 0.3 is 0 Å². The van der Waals surface area contributed by atoms with Gasteiger partial charge in [0.15, 0.2) is 5.82 Å². The molecule has 12 heteroatoms. The first kappa shape index (κ1) is 27.1. The molecule has 2 aliphatic rings. The molecule has 0 aliphatic carbocycles. The minimum atomic E-state index is -0.919. The van der Waals surface area contributed by atoms with Crippen molar-refractivity contribution in [3.8, 4) is 22.6 Å². The van der Waals surface area contributed by atoms with Crippen LogP contribution in [0.25, 0.3) is 27.7 Å². The number of carbonyl (C=O) groups is 1. The van der Waals surface area contributed by atoms with Crippen LogP contribution in [0.2, 0.25) is 5.02 Å². The lowest BCUT2D eigenvalue weighted by Gasteiger charge is -2.46. The zero-order valence-electron chi connectivity index (χ0n) is 23.1. The molecule has 4 heterocycles. The SMILES string of the molecule is COc1cccc(F)c1-c1c(Cl)cc2c3c(c(=O)n(-c4c(C)ncnc4C)c2c1F)N(C)C(=O)[C@H]1CN[C@H](C)CN31. The van der Waals surface area contributed by atoms with Crippen LogP contribution in [-0.2, 0) is 4.79 Å². The molecule has 2 aromatic carbocycles. The number of ether oxygens (including phenoxy) is 1. The second-order valence-electron chi connectivity index (χ2n) is 10.4. The fourth-order valence-corrected chi connectivity index (χ4v) is 6.30. The summed E-state index contributed by atoms with van der Waals surface area (Å²) in [5, 5.41) is 3.52. The summed E-state index contributed by atoms with van der Waals surface area (Å²) in [6.45, 7) is 6.06. The summed E-state index contributed by atoms with van der Waals surface area (Å²) in [7, 11) is 2.88. The molecule has 1 amide bonds. The topological polar surface area (TPSA) is 92.6 Å². The third-order valence-electron chi connectivity index (χ3n) is 7.90. The van der Waals surface area contributed by atoms with Crippen LogP contribution >= 0.6 is 11.6 Å². The van der Waals surface area contributed by atoms with Crippen molar-refractivity contribution < 1.29 is 18.3 Å². The van der Waals surface area contributed by atoms with Gasteiger partial charge in [-0.1, -0.05) is 17.7 Å². The van der Waals surface area contributed by atoms with E-state index in [2.05, 4.69) is 15.3 Å². The van der Waals surface area contributed by atoms with E-state index in [4.69, 9.17) is 16.3 Å². The van der Waals surface area contributed by atoms with Gasteiger partial charge < -0.3 is 19.9 Å². The number of carbonyl (C=O) groups excluding carboxylic acids is 1. The van der Waals surface area contributed by atoms with Crippen LogP contribution in [0.15, 0.2) is 35.4 Å². The molecule has 0 bridgehead atoms. The Balaban J connectivity index is 1.84. The number of amides is 1.